The van der Waals surface area contributed by atoms with E-state index in [4.69, 9.17) is 10.2 Å². The van der Waals surface area contributed by atoms with Crippen LogP contribution >= 0.6 is 0 Å². The van der Waals surface area contributed by atoms with Gasteiger partial charge in [0, 0.05) is 0 Å². The molecule has 1 heterocycles. The Morgan fingerprint density at radius 2 is 2.08 bits per heavy atom. The van der Waals surface area contributed by atoms with Crippen LogP contribution in [-0.2, 0) is 4.79 Å². The fourth-order valence-electron chi connectivity index (χ4n) is 0.599. The summed E-state index contributed by atoms with van der Waals surface area (Å²) in [6.07, 6.45) is -2.18. The molecule has 0 aromatic heterocycles. The number of hydrogen-bond acceptors (Lipinski definition) is 5. The summed E-state index contributed by atoms with van der Waals surface area (Å²) in [5.41, 5.74) is 0. The van der Waals surface area contributed by atoms with Crippen LogP contribution in [-0.4, -0.2) is 39.7 Å². The first-order valence-electron chi connectivity index (χ1n) is 2.80. The van der Waals surface area contributed by atoms with Crippen LogP contribution in [0.15, 0.2) is 15.4 Å². The third-order valence-corrected chi connectivity index (χ3v) is 1.09. The van der Waals surface area contributed by atoms with E-state index in [1.165, 1.54) is 0 Å². The lowest BCUT2D eigenvalue weighted by molar-refractivity contribution is -0.141. The van der Waals surface area contributed by atoms with E-state index >= 15 is 0 Å². The molecule has 8 nitrogen and oxygen atoms in total. The lowest BCUT2D eigenvalue weighted by atomic mass is 10.5. The van der Waals surface area contributed by atoms with E-state index in [9.17, 15) is 9.59 Å². The van der Waals surface area contributed by atoms with Gasteiger partial charge in [-0.25, -0.2) is 14.5 Å². The molecule has 1 amide bonds. The highest BCUT2D eigenvalue weighted by Gasteiger charge is 2.30. The summed E-state index contributed by atoms with van der Waals surface area (Å²) >= 11 is 0. The zero-order valence-corrected chi connectivity index (χ0v) is 5.65. The number of amides is 1. The van der Waals surface area contributed by atoms with Gasteiger partial charge in [0.15, 0.2) is 0 Å². The Bertz CT molecular complexity index is 244. The minimum absolute atomic E-state index is 0.440. The Labute approximate surface area is 65.8 Å². The molecule has 1 unspecified atom stereocenters. The highest BCUT2D eigenvalue weighted by atomic mass is 16.4. The smallest absolute Gasteiger partial charge is 0.414 e. The van der Waals surface area contributed by atoms with Crippen molar-refractivity contribution in [1.82, 2.24) is 4.90 Å². The molecule has 0 aliphatic carbocycles. The van der Waals surface area contributed by atoms with Crippen molar-refractivity contribution in [2.24, 2.45) is 15.4 Å². The predicted octanol–water partition coefficient (Wildman–Crippen LogP) is -0.214. The van der Waals surface area contributed by atoms with E-state index in [1.54, 1.807) is 0 Å². The predicted molar refractivity (Wildman–Crippen MR) is 34.6 cm³/mol. The first-order valence-corrected chi connectivity index (χ1v) is 2.80. The minimum atomic E-state index is -1.53. The second kappa shape index (κ2) is 2.95. The monoisotopic (exact) mass is 172 g/mol. The van der Waals surface area contributed by atoms with E-state index in [1.807, 2.05) is 0 Å². The van der Waals surface area contributed by atoms with Crippen LogP contribution in [0.1, 0.15) is 0 Å². The van der Waals surface area contributed by atoms with Crippen molar-refractivity contribution in [3.63, 3.8) is 0 Å². The molecule has 0 spiro atoms. The maximum absolute atomic E-state index is 10.3. The first kappa shape index (κ1) is 8.11. The number of aliphatic carboxylic acids is 1. The van der Waals surface area contributed by atoms with Crippen LogP contribution in [0.2, 0.25) is 0 Å². The van der Waals surface area contributed by atoms with Gasteiger partial charge >= 0.3 is 12.1 Å². The maximum atomic E-state index is 10.3. The largest absolute Gasteiger partial charge is 0.478 e. The number of carbonyl (C=O) groups is 2. The van der Waals surface area contributed by atoms with Crippen LogP contribution in [0.5, 0.6) is 0 Å². The van der Waals surface area contributed by atoms with Gasteiger partial charge in [-0.2, -0.15) is 0 Å². The number of carboxylic acid groups (broad SMARTS) is 2. The Morgan fingerprint density at radius 1 is 1.42 bits per heavy atom. The molecule has 2 N–H and O–H groups in total. The van der Waals surface area contributed by atoms with Gasteiger partial charge in [-0.3, -0.25) is 0 Å². The quantitative estimate of drug-likeness (QED) is 0.569. The van der Waals surface area contributed by atoms with Crippen molar-refractivity contribution in [3.05, 3.63) is 0 Å². The molecule has 0 aromatic rings. The second-order valence-electron chi connectivity index (χ2n) is 1.84. The van der Waals surface area contributed by atoms with Gasteiger partial charge in [-0.05, 0) is 5.22 Å². The molecule has 1 rings (SSSR count). The van der Waals surface area contributed by atoms with Gasteiger partial charge < -0.3 is 10.2 Å². The standard InChI is InChI=1S/C4H4N4O4/c9-3(10)2-6-7-5-1-8(2)4(11)12/h1-2H,(H,9,10)(H,11,12). The van der Waals surface area contributed by atoms with Crippen LogP contribution in [0.3, 0.4) is 0 Å². The molecule has 0 radical (unpaired) electrons. The van der Waals surface area contributed by atoms with Crippen molar-refractivity contribution < 1.29 is 19.8 Å². The Hall–Kier alpha value is -1.99. The molecule has 1 aliphatic rings. The molecule has 8 heteroatoms. The molecule has 0 aromatic carbocycles. The van der Waals surface area contributed by atoms with Crippen LogP contribution < -0.4 is 0 Å². The normalized spacial score (nSPS) is 21.0. The molecule has 64 valence electrons. The van der Waals surface area contributed by atoms with Crippen molar-refractivity contribution in [2.45, 2.75) is 6.17 Å². The highest BCUT2D eigenvalue weighted by molar-refractivity contribution is 5.88. The molecule has 1 atom stereocenters. The maximum Gasteiger partial charge on any atom is 0.414 e. The van der Waals surface area contributed by atoms with Gasteiger partial charge in [0.25, 0.3) is 6.17 Å². The number of hydrogen-bond donors (Lipinski definition) is 2. The Morgan fingerprint density at radius 3 is 2.50 bits per heavy atom. The summed E-state index contributed by atoms with van der Waals surface area (Å²) in [5, 5.41) is 26.1. The average molecular weight is 172 g/mol. The van der Waals surface area contributed by atoms with E-state index in [-0.39, 0.29) is 0 Å². The molecule has 0 saturated heterocycles. The van der Waals surface area contributed by atoms with Crippen molar-refractivity contribution in [2.75, 3.05) is 0 Å². The third-order valence-electron chi connectivity index (χ3n) is 1.09. The molecular formula is C4H4N4O4. The van der Waals surface area contributed by atoms with Gasteiger partial charge in [-0.1, -0.05) is 0 Å². The van der Waals surface area contributed by atoms with E-state index in [0.29, 0.717) is 4.90 Å². The summed E-state index contributed by atoms with van der Waals surface area (Å²) in [6, 6.07) is 0. The fourth-order valence-corrected chi connectivity index (χ4v) is 0.599. The molecule has 12 heavy (non-hydrogen) atoms. The Balaban J connectivity index is 2.85. The second-order valence-corrected chi connectivity index (χ2v) is 1.84. The Kier molecular flexibility index (Phi) is 1.99. The topological polar surface area (TPSA) is 115 Å². The van der Waals surface area contributed by atoms with Crippen molar-refractivity contribution in [1.29, 1.82) is 0 Å². The molecule has 1 aliphatic heterocycles. The van der Waals surface area contributed by atoms with Gasteiger partial charge in [-0.15, -0.1) is 10.2 Å². The summed E-state index contributed by atoms with van der Waals surface area (Å²) in [7, 11) is 0. The van der Waals surface area contributed by atoms with Gasteiger partial charge in [0.1, 0.15) is 6.34 Å². The lowest BCUT2D eigenvalue weighted by Crippen LogP contribution is -2.43. The SMILES string of the molecule is O=C(O)C1N=NN=CN1C(=O)O. The van der Waals surface area contributed by atoms with E-state index < -0.39 is 18.2 Å². The lowest BCUT2D eigenvalue weighted by Gasteiger charge is -2.17. The fraction of sp³-hybridized carbons (Fsp3) is 0.250. The molecule has 0 bridgehead atoms. The molecule has 0 saturated carbocycles. The van der Waals surface area contributed by atoms with Crippen molar-refractivity contribution >= 4 is 18.4 Å². The summed E-state index contributed by atoms with van der Waals surface area (Å²) in [6.45, 7) is 0. The summed E-state index contributed by atoms with van der Waals surface area (Å²) < 4.78 is 0. The van der Waals surface area contributed by atoms with E-state index in [0.717, 1.165) is 6.34 Å². The zero-order valence-electron chi connectivity index (χ0n) is 5.65. The average Bonchev–Trinajstić information content (AvgIpc) is 2.04. The molecular weight excluding hydrogens is 168 g/mol. The summed E-state index contributed by atoms with van der Waals surface area (Å²) in [5.74, 6) is -1.40. The van der Waals surface area contributed by atoms with Gasteiger partial charge in [0.2, 0.25) is 0 Å². The molecule has 0 fully saturated rings. The third kappa shape index (κ3) is 1.36. The number of nitrogens with zero attached hydrogens (tertiary/aromatic N) is 4. The number of rotatable bonds is 1. The van der Waals surface area contributed by atoms with Crippen molar-refractivity contribution in [3.8, 4) is 0 Å². The first-order chi connectivity index (χ1) is 5.63. The van der Waals surface area contributed by atoms with Crippen LogP contribution in [0, 0.1) is 0 Å². The van der Waals surface area contributed by atoms with Gasteiger partial charge in [0.05, 0.1) is 0 Å². The highest BCUT2D eigenvalue weighted by Crippen LogP contribution is 2.05. The van der Waals surface area contributed by atoms with E-state index in [2.05, 4.69) is 15.4 Å². The minimum Gasteiger partial charge on any atom is -0.478 e. The van der Waals surface area contributed by atoms with Crippen LogP contribution in [0.25, 0.3) is 0 Å². The summed E-state index contributed by atoms with van der Waals surface area (Å²) in [4.78, 5) is 21.1. The van der Waals surface area contributed by atoms with Crippen LogP contribution in [0.4, 0.5) is 4.79 Å². The zero-order chi connectivity index (χ0) is 9.14. The number of carboxylic acids is 1.